The van der Waals surface area contributed by atoms with Gasteiger partial charge in [0.15, 0.2) is 20.6 Å². The van der Waals surface area contributed by atoms with Crippen LogP contribution in [0.2, 0.25) is 0 Å². The van der Waals surface area contributed by atoms with Crippen LogP contribution in [0.15, 0.2) is 0 Å². The molecule has 0 unspecified atom stereocenters. The van der Waals surface area contributed by atoms with E-state index in [1.54, 1.807) is 0 Å². The fourth-order valence-electron chi connectivity index (χ4n) is 0.112. The van der Waals surface area contributed by atoms with E-state index < -0.39 is 24.5 Å². The van der Waals surface area contributed by atoms with Gasteiger partial charge in [-0.2, -0.15) is 3.87 Å². The zero-order chi connectivity index (χ0) is 8.58. The first-order chi connectivity index (χ1) is 4.15. The predicted octanol–water partition coefficient (Wildman–Crippen LogP) is -11.3. The first-order valence-electron chi connectivity index (χ1n) is 1.55. The molecule has 0 saturated heterocycles. The van der Waals surface area contributed by atoms with Crippen LogP contribution in [-0.2, 0) is 20.6 Å². The summed E-state index contributed by atoms with van der Waals surface area (Å²) >= 11 is 0. The summed E-state index contributed by atoms with van der Waals surface area (Å²) in [6.45, 7) is 0. The Hall–Kier alpha value is 2.74. The van der Waals surface area contributed by atoms with Crippen LogP contribution in [0.25, 0.3) is 0 Å². The van der Waals surface area contributed by atoms with Gasteiger partial charge >= 0.3 is 88.7 Å². The maximum Gasteiger partial charge on any atom is 1.00 e. The molecule has 0 aliphatic heterocycles. The van der Waals surface area contributed by atoms with Crippen LogP contribution in [0.5, 0.6) is 0 Å². The Morgan fingerprint density at radius 3 is 0.923 bits per heavy atom. The van der Waals surface area contributed by atoms with Gasteiger partial charge in [0.25, 0.3) is 0 Å². The van der Waals surface area contributed by atoms with Gasteiger partial charge in [-0.15, -0.1) is 0 Å². The summed E-state index contributed by atoms with van der Waals surface area (Å²) in [5.41, 5.74) is 0. The van der Waals surface area contributed by atoms with Gasteiger partial charge in [0.05, 0.1) is 0 Å². The summed E-state index contributed by atoms with van der Waals surface area (Å²) in [5.74, 6) is 0. The van der Waals surface area contributed by atoms with Gasteiger partial charge in [-0.1, -0.05) is 0 Å². The monoisotopic (exact) mass is 259 g/mol. The molecule has 0 aromatic carbocycles. The SMILES string of the molecule is O=S(=O)([O-])N([O-])S(=O)(=O)[O-].[Na+].[Na+].[Na+]. The molecular weight excluding hydrogens is 259 g/mol. The number of nitrogens with zero attached hydrogens (tertiary/aromatic N) is 1. The number of hydrogen-bond donors (Lipinski definition) is 0. The maximum atomic E-state index is 9.60. The van der Waals surface area contributed by atoms with Gasteiger partial charge in [0.2, 0.25) is 0 Å². The molecule has 0 aliphatic rings. The minimum atomic E-state index is -5.73. The second kappa shape index (κ2) is 8.84. The van der Waals surface area contributed by atoms with E-state index in [0.29, 0.717) is 0 Å². The van der Waals surface area contributed by atoms with Crippen LogP contribution in [0.3, 0.4) is 0 Å². The first kappa shape index (κ1) is 24.8. The van der Waals surface area contributed by atoms with E-state index in [2.05, 4.69) is 0 Å². The van der Waals surface area contributed by atoms with Gasteiger partial charge in [0, 0.05) is 0 Å². The second-order valence-electron chi connectivity index (χ2n) is 1.08. The zero-order valence-electron chi connectivity index (χ0n) is 7.12. The standard InChI is InChI=1S/H2NO7S2.3Na/c2-1(9(3,4)5)10(6,7)8;;;/h(H,3,4,5)(H,6,7,8);;;/q-1;3*+1/p-2. The summed E-state index contributed by atoms with van der Waals surface area (Å²) in [5, 5.41) is 9.60. The van der Waals surface area contributed by atoms with Crippen molar-refractivity contribution in [2.45, 2.75) is 0 Å². The average molecular weight is 259 g/mol. The third-order valence-corrected chi connectivity index (χ3v) is 2.19. The summed E-state index contributed by atoms with van der Waals surface area (Å²) in [7, 11) is -11.5. The molecule has 0 fully saturated rings. The van der Waals surface area contributed by atoms with E-state index >= 15 is 0 Å². The Morgan fingerprint density at radius 2 is 0.923 bits per heavy atom. The molecule has 62 valence electrons. The van der Waals surface area contributed by atoms with E-state index in [4.69, 9.17) is 0 Å². The smallest absolute Gasteiger partial charge is 0.760 e. The Morgan fingerprint density at radius 1 is 0.769 bits per heavy atom. The number of rotatable bonds is 2. The molecule has 0 saturated carbocycles. The van der Waals surface area contributed by atoms with Crippen molar-refractivity contribution in [2.24, 2.45) is 0 Å². The van der Waals surface area contributed by atoms with Gasteiger partial charge in [0.1, 0.15) is 0 Å². The minimum Gasteiger partial charge on any atom is -0.760 e. The Kier molecular flexibility index (Phi) is 16.9. The topological polar surface area (TPSA) is 141 Å². The molecule has 8 nitrogen and oxygen atoms in total. The maximum absolute atomic E-state index is 9.60. The molecule has 0 bridgehead atoms. The van der Waals surface area contributed by atoms with Crippen molar-refractivity contribution in [1.29, 1.82) is 0 Å². The van der Waals surface area contributed by atoms with Gasteiger partial charge in [-0.25, -0.2) is 16.8 Å². The minimum absolute atomic E-state index is 0. The van der Waals surface area contributed by atoms with E-state index in [-0.39, 0.29) is 88.7 Å². The Bertz CT molecular complexity index is 271. The molecule has 0 amide bonds. The van der Waals surface area contributed by atoms with Crippen molar-refractivity contribution in [2.75, 3.05) is 0 Å². The van der Waals surface area contributed by atoms with Crippen molar-refractivity contribution in [3.63, 3.8) is 0 Å². The van der Waals surface area contributed by atoms with Crippen LogP contribution in [0.4, 0.5) is 0 Å². The Labute approximate surface area is 142 Å². The largest absolute Gasteiger partial charge is 1.00 e. The number of hydrogen-bond acceptors (Lipinski definition) is 7. The third kappa shape index (κ3) is 11.0. The van der Waals surface area contributed by atoms with E-state index in [1.807, 2.05) is 0 Å². The van der Waals surface area contributed by atoms with E-state index in [9.17, 15) is 31.1 Å². The Balaban J connectivity index is -0.000000135. The molecule has 0 heterocycles. The summed E-state index contributed by atoms with van der Waals surface area (Å²) in [6.07, 6.45) is 0. The van der Waals surface area contributed by atoms with Crippen LogP contribution in [-0.4, -0.2) is 29.8 Å². The molecule has 0 aromatic rings. The fourth-order valence-corrected chi connectivity index (χ4v) is 1.01. The third-order valence-electron chi connectivity index (χ3n) is 0.365. The van der Waals surface area contributed by atoms with Crippen molar-refractivity contribution in [3.8, 4) is 0 Å². The van der Waals surface area contributed by atoms with Crippen molar-refractivity contribution in [3.05, 3.63) is 5.21 Å². The molecule has 0 aliphatic carbocycles. The molecule has 13 heteroatoms. The first-order valence-corrected chi connectivity index (χ1v) is 4.28. The fraction of sp³-hybridized carbons (Fsp3) is 0. The summed E-state index contributed by atoms with van der Waals surface area (Å²) in [6, 6.07) is 0. The van der Waals surface area contributed by atoms with Gasteiger partial charge in [-0.05, 0) is 0 Å². The molecule has 0 spiro atoms. The average Bonchev–Trinajstić information content (AvgIpc) is 1.59. The molecule has 0 atom stereocenters. The van der Waals surface area contributed by atoms with Crippen LogP contribution in [0.1, 0.15) is 0 Å². The van der Waals surface area contributed by atoms with Crippen molar-refractivity contribution < 1.29 is 115 Å². The van der Waals surface area contributed by atoms with E-state index in [0.717, 1.165) is 0 Å². The molecule has 0 rings (SSSR count). The summed E-state index contributed by atoms with van der Waals surface area (Å²) < 4.78 is 54.7. The molecular formula is NNa3O7S2. The zero-order valence-corrected chi connectivity index (χ0v) is 14.8. The van der Waals surface area contributed by atoms with Crippen LogP contribution in [0, 0.1) is 5.21 Å². The predicted molar refractivity (Wildman–Crippen MR) is 24.6 cm³/mol. The van der Waals surface area contributed by atoms with E-state index in [1.165, 1.54) is 0 Å². The molecule has 0 N–H and O–H groups in total. The van der Waals surface area contributed by atoms with Gasteiger partial charge < -0.3 is 14.3 Å². The molecule has 0 aromatic heterocycles. The van der Waals surface area contributed by atoms with Crippen molar-refractivity contribution >= 4 is 20.6 Å². The molecule has 0 radical (unpaired) electrons. The van der Waals surface area contributed by atoms with Crippen LogP contribution < -0.4 is 88.7 Å². The second-order valence-corrected chi connectivity index (χ2v) is 3.68. The van der Waals surface area contributed by atoms with Crippen molar-refractivity contribution in [1.82, 2.24) is 3.87 Å². The normalized spacial score (nSPS) is 10.8. The quantitative estimate of drug-likeness (QED) is 0.272. The van der Waals surface area contributed by atoms with Crippen LogP contribution >= 0.6 is 0 Å². The van der Waals surface area contributed by atoms with Gasteiger partial charge in [-0.3, -0.25) is 0 Å². The summed E-state index contributed by atoms with van der Waals surface area (Å²) in [4.78, 5) is 0. The molecule has 13 heavy (non-hydrogen) atoms.